The number of nitrogens with one attached hydrogen (secondary N) is 1. The molecule has 1 heterocycles. The zero-order valence-corrected chi connectivity index (χ0v) is 10.1. The summed E-state index contributed by atoms with van der Waals surface area (Å²) >= 11 is 2.16. The van der Waals surface area contributed by atoms with E-state index in [1.165, 1.54) is 50.0 Å². The SMILES string of the molecule is CC1CCSCC(C2CCCCC2)N1. The van der Waals surface area contributed by atoms with Crippen LogP contribution in [-0.4, -0.2) is 23.6 Å². The Hall–Kier alpha value is 0.310. The van der Waals surface area contributed by atoms with Gasteiger partial charge in [-0.2, -0.15) is 11.8 Å². The van der Waals surface area contributed by atoms with Crippen LogP contribution in [0.15, 0.2) is 0 Å². The van der Waals surface area contributed by atoms with Gasteiger partial charge in [-0.3, -0.25) is 0 Å². The molecule has 2 rings (SSSR count). The summed E-state index contributed by atoms with van der Waals surface area (Å²) in [6, 6.07) is 1.56. The molecule has 1 saturated heterocycles. The summed E-state index contributed by atoms with van der Waals surface area (Å²) in [4.78, 5) is 0. The van der Waals surface area contributed by atoms with Crippen molar-refractivity contribution >= 4 is 11.8 Å². The van der Waals surface area contributed by atoms with E-state index in [1.54, 1.807) is 0 Å². The molecule has 14 heavy (non-hydrogen) atoms. The maximum atomic E-state index is 3.83. The third-order valence-electron chi connectivity index (χ3n) is 3.71. The summed E-state index contributed by atoms with van der Waals surface area (Å²) in [5.74, 6) is 3.70. The van der Waals surface area contributed by atoms with Crippen LogP contribution in [-0.2, 0) is 0 Å². The lowest BCUT2D eigenvalue weighted by Gasteiger charge is -2.31. The molecule has 1 saturated carbocycles. The lowest BCUT2D eigenvalue weighted by molar-refractivity contribution is 0.272. The molecule has 2 heteroatoms. The second kappa shape index (κ2) is 5.41. The molecule has 0 aromatic carbocycles. The molecule has 0 aromatic rings. The molecule has 2 atom stereocenters. The molecular formula is C12H23NS. The summed E-state index contributed by atoms with van der Waals surface area (Å²) in [7, 11) is 0. The molecule has 0 radical (unpaired) electrons. The van der Waals surface area contributed by atoms with Gasteiger partial charge in [-0.15, -0.1) is 0 Å². The van der Waals surface area contributed by atoms with Gasteiger partial charge in [0.15, 0.2) is 0 Å². The standard InChI is InChI=1S/C12H23NS/c1-10-7-8-14-9-12(13-10)11-5-3-2-4-6-11/h10-13H,2-9H2,1H3. The van der Waals surface area contributed by atoms with Gasteiger partial charge in [0.05, 0.1) is 0 Å². The van der Waals surface area contributed by atoms with Crippen LogP contribution in [0.1, 0.15) is 45.4 Å². The molecule has 2 unspecified atom stereocenters. The quantitative estimate of drug-likeness (QED) is 0.718. The molecule has 0 bridgehead atoms. The van der Waals surface area contributed by atoms with E-state index < -0.39 is 0 Å². The predicted octanol–water partition coefficient (Wildman–Crippen LogP) is 3.05. The Morgan fingerprint density at radius 3 is 2.64 bits per heavy atom. The summed E-state index contributed by atoms with van der Waals surface area (Å²) < 4.78 is 0. The Morgan fingerprint density at radius 2 is 1.86 bits per heavy atom. The van der Waals surface area contributed by atoms with Gasteiger partial charge >= 0.3 is 0 Å². The molecule has 1 N–H and O–H groups in total. The molecule has 2 aliphatic rings. The van der Waals surface area contributed by atoms with Gasteiger partial charge in [0.2, 0.25) is 0 Å². The maximum absolute atomic E-state index is 3.83. The highest BCUT2D eigenvalue weighted by Crippen LogP contribution is 2.29. The predicted molar refractivity (Wildman–Crippen MR) is 64.9 cm³/mol. The molecule has 82 valence electrons. The topological polar surface area (TPSA) is 12.0 Å². The van der Waals surface area contributed by atoms with Gasteiger partial charge in [-0.25, -0.2) is 0 Å². The van der Waals surface area contributed by atoms with Crippen molar-refractivity contribution in [3.05, 3.63) is 0 Å². The Morgan fingerprint density at radius 1 is 1.07 bits per heavy atom. The lowest BCUT2D eigenvalue weighted by atomic mass is 9.84. The van der Waals surface area contributed by atoms with E-state index in [2.05, 4.69) is 24.0 Å². The van der Waals surface area contributed by atoms with Gasteiger partial charge < -0.3 is 5.32 Å². The monoisotopic (exact) mass is 213 g/mol. The van der Waals surface area contributed by atoms with E-state index in [4.69, 9.17) is 0 Å². The molecule has 2 fully saturated rings. The fraction of sp³-hybridized carbons (Fsp3) is 1.00. The van der Waals surface area contributed by atoms with Gasteiger partial charge in [0.1, 0.15) is 0 Å². The molecule has 1 aliphatic heterocycles. The first-order valence-corrected chi connectivity index (χ1v) is 7.35. The Bertz CT molecular complexity index is 166. The van der Waals surface area contributed by atoms with Crippen LogP contribution in [0.3, 0.4) is 0 Å². The normalized spacial score (nSPS) is 36.6. The summed E-state index contributed by atoms with van der Waals surface area (Å²) in [6.45, 7) is 2.35. The van der Waals surface area contributed by atoms with Crippen LogP contribution in [0.4, 0.5) is 0 Å². The van der Waals surface area contributed by atoms with Crippen LogP contribution in [0, 0.1) is 5.92 Å². The van der Waals surface area contributed by atoms with Crippen LogP contribution < -0.4 is 5.32 Å². The number of hydrogen-bond donors (Lipinski definition) is 1. The molecule has 0 aromatic heterocycles. The summed E-state index contributed by atoms with van der Waals surface area (Å²) in [6.07, 6.45) is 8.74. The van der Waals surface area contributed by atoms with Crippen molar-refractivity contribution in [1.82, 2.24) is 5.32 Å². The molecule has 0 spiro atoms. The van der Waals surface area contributed by atoms with Crippen molar-refractivity contribution in [3.8, 4) is 0 Å². The first-order chi connectivity index (χ1) is 6.86. The van der Waals surface area contributed by atoms with Crippen LogP contribution in [0.5, 0.6) is 0 Å². The molecule has 1 aliphatic carbocycles. The molecular weight excluding hydrogens is 190 g/mol. The second-order valence-corrected chi connectivity index (χ2v) is 6.09. The lowest BCUT2D eigenvalue weighted by Crippen LogP contribution is -2.42. The van der Waals surface area contributed by atoms with Crippen molar-refractivity contribution in [2.45, 2.75) is 57.5 Å². The first-order valence-electron chi connectivity index (χ1n) is 6.20. The van der Waals surface area contributed by atoms with Gasteiger partial charge in [-0.05, 0) is 37.9 Å². The van der Waals surface area contributed by atoms with E-state index in [9.17, 15) is 0 Å². The first kappa shape index (κ1) is 10.8. The van der Waals surface area contributed by atoms with Crippen molar-refractivity contribution < 1.29 is 0 Å². The number of rotatable bonds is 1. The van der Waals surface area contributed by atoms with Crippen molar-refractivity contribution in [2.24, 2.45) is 5.92 Å². The highest BCUT2D eigenvalue weighted by Gasteiger charge is 2.26. The van der Waals surface area contributed by atoms with Crippen molar-refractivity contribution in [2.75, 3.05) is 11.5 Å². The zero-order chi connectivity index (χ0) is 9.80. The van der Waals surface area contributed by atoms with Crippen molar-refractivity contribution in [3.63, 3.8) is 0 Å². The van der Waals surface area contributed by atoms with E-state index >= 15 is 0 Å². The van der Waals surface area contributed by atoms with Crippen LogP contribution in [0.25, 0.3) is 0 Å². The Labute approximate surface area is 92.4 Å². The van der Waals surface area contributed by atoms with Gasteiger partial charge in [-0.1, -0.05) is 19.3 Å². The van der Waals surface area contributed by atoms with Gasteiger partial charge in [0, 0.05) is 17.8 Å². The molecule has 1 nitrogen and oxygen atoms in total. The van der Waals surface area contributed by atoms with Crippen molar-refractivity contribution in [1.29, 1.82) is 0 Å². The second-order valence-electron chi connectivity index (χ2n) is 4.94. The fourth-order valence-corrected chi connectivity index (χ4v) is 4.09. The van der Waals surface area contributed by atoms with Crippen LogP contribution in [0.2, 0.25) is 0 Å². The minimum absolute atomic E-state index is 0.747. The van der Waals surface area contributed by atoms with Gasteiger partial charge in [0.25, 0.3) is 0 Å². The minimum Gasteiger partial charge on any atom is -0.310 e. The number of hydrogen-bond acceptors (Lipinski definition) is 2. The average Bonchev–Trinajstić information content (AvgIpc) is 2.44. The van der Waals surface area contributed by atoms with Crippen LogP contribution >= 0.6 is 11.8 Å². The minimum atomic E-state index is 0.747. The van der Waals surface area contributed by atoms with E-state index in [-0.39, 0.29) is 0 Å². The zero-order valence-electron chi connectivity index (χ0n) is 9.30. The molecule has 0 amide bonds. The smallest absolute Gasteiger partial charge is 0.0188 e. The third-order valence-corrected chi connectivity index (χ3v) is 4.83. The summed E-state index contributed by atoms with van der Waals surface area (Å²) in [5, 5.41) is 3.83. The summed E-state index contributed by atoms with van der Waals surface area (Å²) in [5.41, 5.74) is 0. The maximum Gasteiger partial charge on any atom is 0.0188 e. The average molecular weight is 213 g/mol. The van der Waals surface area contributed by atoms with E-state index in [0.29, 0.717) is 0 Å². The Balaban J connectivity index is 1.87. The highest BCUT2D eigenvalue weighted by atomic mass is 32.2. The number of thioether (sulfide) groups is 1. The van der Waals surface area contributed by atoms with E-state index in [1.807, 2.05) is 0 Å². The largest absolute Gasteiger partial charge is 0.310 e. The van der Waals surface area contributed by atoms with E-state index in [0.717, 1.165) is 18.0 Å². The highest BCUT2D eigenvalue weighted by molar-refractivity contribution is 7.99. The fourth-order valence-electron chi connectivity index (χ4n) is 2.78. The Kier molecular flexibility index (Phi) is 4.18. The third kappa shape index (κ3) is 2.90.